The van der Waals surface area contributed by atoms with Crippen LogP contribution >= 0.6 is 11.8 Å². The molecule has 33 heavy (non-hydrogen) atoms. The van der Waals surface area contributed by atoms with E-state index in [4.69, 9.17) is 0 Å². The number of benzene rings is 2. The molecule has 2 aromatic carbocycles. The van der Waals surface area contributed by atoms with Gasteiger partial charge in [-0.05, 0) is 36.6 Å². The third-order valence-electron chi connectivity index (χ3n) is 5.05. The number of aromatic nitrogens is 3. The Kier molecular flexibility index (Phi) is 6.68. The molecule has 10 heteroatoms. The van der Waals surface area contributed by atoms with Crippen molar-refractivity contribution >= 4 is 28.7 Å². The summed E-state index contributed by atoms with van der Waals surface area (Å²) < 4.78 is 30.1. The third kappa shape index (κ3) is 4.45. The Labute approximate surface area is 191 Å². The van der Waals surface area contributed by atoms with Crippen LogP contribution in [0.2, 0.25) is 0 Å². The monoisotopic (exact) mass is 470 g/mol. The van der Waals surface area contributed by atoms with Gasteiger partial charge in [0.25, 0.3) is 5.56 Å². The van der Waals surface area contributed by atoms with E-state index in [1.807, 2.05) is 30.5 Å². The van der Waals surface area contributed by atoms with Crippen molar-refractivity contribution in [2.75, 3.05) is 24.8 Å². The van der Waals surface area contributed by atoms with Crippen molar-refractivity contribution < 1.29 is 19.0 Å². The lowest BCUT2D eigenvalue weighted by molar-refractivity contribution is 0.203. The van der Waals surface area contributed by atoms with Crippen LogP contribution in [0.5, 0.6) is 0 Å². The lowest BCUT2D eigenvalue weighted by Crippen LogP contribution is -2.29. The number of hydrogen-bond acceptors (Lipinski definition) is 7. The van der Waals surface area contributed by atoms with E-state index in [0.717, 1.165) is 21.6 Å². The minimum absolute atomic E-state index is 0.0179. The van der Waals surface area contributed by atoms with E-state index in [-0.39, 0.29) is 11.6 Å². The number of nitrogens with one attached hydrogen (secondary N) is 1. The molecule has 0 atom stereocenters. The predicted molar refractivity (Wildman–Crippen MR) is 124 cm³/mol. The normalized spacial score (nSPS) is 11.3. The number of hydrogen-bond donors (Lipinski definition) is 3. The Balaban J connectivity index is 2.05. The summed E-state index contributed by atoms with van der Waals surface area (Å²) >= 11 is 1.57. The summed E-state index contributed by atoms with van der Waals surface area (Å²) in [5.74, 6) is -1.87. The first kappa shape index (κ1) is 22.8. The summed E-state index contributed by atoms with van der Waals surface area (Å²) in [6.07, 6.45) is 1.95. The quantitative estimate of drug-likeness (QED) is 0.357. The Bertz CT molecular complexity index is 1340. The van der Waals surface area contributed by atoms with Gasteiger partial charge < -0.3 is 15.5 Å². The molecular formula is C23H20F2N4O3S. The van der Waals surface area contributed by atoms with Crippen LogP contribution < -0.4 is 10.9 Å². The average molecular weight is 471 g/mol. The van der Waals surface area contributed by atoms with Gasteiger partial charge >= 0.3 is 0 Å². The zero-order chi connectivity index (χ0) is 23.5. The second-order valence-corrected chi connectivity index (χ2v) is 8.02. The summed E-state index contributed by atoms with van der Waals surface area (Å²) in [7, 11) is 0. The Morgan fingerprint density at radius 1 is 1.00 bits per heavy atom. The SMILES string of the molecule is CSc1ccc(-c2nc(NC(CO)CO)nc3c2ccc(=O)n3-c2c(F)cccc2F)cc1. The first-order valence-corrected chi connectivity index (χ1v) is 11.2. The van der Waals surface area contributed by atoms with Gasteiger partial charge in [0, 0.05) is 21.9 Å². The number of rotatable bonds is 7. The second-order valence-electron chi connectivity index (χ2n) is 7.15. The van der Waals surface area contributed by atoms with Crippen molar-refractivity contribution in [1.29, 1.82) is 0 Å². The Morgan fingerprint density at radius 2 is 1.67 bits per heavy atom. The summed E-state index contributed by atoms with van der Waals surface area (Å²) in [5, 5.41) is 22.1. The van der Waals surface area contributed by atoms with Crippen molar-refractivity contribution in [2.45, 2.75) is 10.9 Å². The molecular weight excluding hydrogens is 450 g/mol. The van der Waals surface area contributed by atoms with Crippen molar-refractivity contribution in [3.8, 4) is 16.9 Å². The molecule has 4 rings (SSSR count). The van der Waals surface area contributed by atoms with E-state index in [1.54, 1.807) is 11.8 Å². The largest absolute Gasteiger partial charge is 0.394 e. The van der Waals surface area contributed by atoms with E-state index < -0.39 is 42.1 Å². The van der Waals surface area contributed by atoms with Gasteiger partial charge in [0.15, 0.2) is 5.65 Å². The fourth-order valence-electron chi connectivity index (χ4n) is 3.40. The number of halogens is 2. The van der Waals surface area contributed by atoms with E-state index in [1.165, 1.54) is 18.2 Å². The molecule has 7 nitrogen and oxygen atoms in total. The van der Waals surface area contributed by atoms with Gasteiger partial charge in [-0.2, -0.15) is 4.98 Å². The van der Waals surface area contributed by atoms with Gasteiger partial charge in [0.05, 0.1) is 24.9 Å². The minimum atomic E-state index is -0.924. The van der Waals surface area contributed by atoms with Crippen LogP contribution in [0.4, 0.5) is 14.7 Å². The zero-order valence-corrected chi connectivity index (χ0v) is 18.3. The molecule has 0 amide bonds. The Morgan fingerprint density at radius 3 is 2.27 bits per heavy atom. The molecule has 0 spiro atoms. The highest BCUT2D eigenvalue weighted by Gasteiger charge is 2.20. The number of para-hydroxylation sites is 1. The average Bonchev–Trinajstić information content (AvgIpc) is 2.83. The van der Waals surface area contributed by atoms with Crippen molar-refractivity contribution in [2.24, 2.45) is 0 Å². The molecule has 0 unspecified atom stereocenters. The van der Waals surface area contributed by atoms with Crippen LogP contribution in [-0.4, -0.2) is 50.3 Å². The van der Waals surface area contributed by atoms with Crippen LogP contribution in [0.1, 0.15) is 0 Å². The molecule has 4 aromatic rings. The van der Waals surface area contributed by atoms with Crippen molar-refractivity contribution in [3.63, 3.8) is 0 Å². The molecule has 0 bridgehead atoms. The molecule has 0 saturated heterocycles. The van der Waals surface area contributed by atoms with Crippen LogP contribution in [0, 0.1) is 11.6 Å². The molecule has 0 saturated carbocycles. The van der Waals surface area contributed by atoms with E-state index >= 15 is 0 Å². The highest BCUT2D eigenvalue weighted by Crippen LogP contribution is 2.30. The maximum atomic E-state index is 14.6. The topological polar surface area (TPSA) is 100 Å². The second kappa shape index (κ2) is 9.65. The highest BCUT2D eigenvalue weighted by atomic mass is 32.2. The number of anilines is 1. The maximum Gasteiger partial charge on any atom is 0.256 e. The number of aliphatic hydroxyl groups excluding tert-OH is 2. The smallest absolute Gasteiger partial charge is 0.256 e. The zero-order valence-electron chi connectivity index (χ0n) is 17.5. The van der Waals surface area contributed by atoms with Crippen molar-refractivity contribution in [3.05, 3.63) is 76.6 Å². The lowest BCUT2D eigenvalue weighted by Gasteiger charge is -2.17. The number of thioether (sulfide) groups is 1. The van der Waals surface area contributed by atoms with E-state index in [9.17, 15) is 23.8 Å². The predicted octanol–water partition coefficient (Wildman–Crippen LogP) is 3.21. The summed E-state index contributed by atoms with van der Waals surface area (Å²) in [6.45, 7) is -0.807. The molecule has 3 N–H and O–H groups in total. The number of pyridine rings is 1. The van der Waals surface area contributed by atoms with Crippen LogP contribution in [-0.2, 0) is 0 Å². The summed E-state index contributed by atoms with van der Waals surface area (Å²) in [4.78, 5) is 22.7. The summed E-state index contributed by atoms with van der Waals surface area (Å²) in [5.41, 5.74) is -0.159. The minimum Gasteiger partial charge on any atom is -0.394 e. The van der Waals surface area contributed by atoms with E-state index in [2.05, 4.69) is 15.3 Å². The third-order valence-corrected chi connectivity index (χ3v) is 5.79. The van der Waals surface area contributed by atoms with Gasteiger partial charge in [-0.3, -0.25) is 9.36 Å². The van der Waals surface area contributed by atoms with Crippen LogP contribution in [0.3, 0.4) is 0 Å². The first-order valence-electron chi connectivity index (χ1n) is 9.97. The van der Waals surface area contributed by atoms with Gasteiger partial charge in [-0.15, -0.1) is 11.8 Å². The maximum absolute atomic E-state index is 14.6. The molecule has 0 aliphatic rings. The highest BCUT2D eigenvalue weighted by molar-refractivity contribution is 7.98. The molecule has 0 fully saturated rings. The molecule has 2 aromatic heterocycles. The Hall–Kier alpha value is -3.34. The summed E-state index contributed by atoms with van der Waals surface area (Å²) in [6, 6.07) is 12.7. The fraction of sp³-hybridized carbons (Fsp3) is 0.174. The van der Waals surface area contributed by atoms with Gasteiger partial charge in [-0.1, -0.05) is 18.2 Å². The van der Waals surface area contributed by atoms with Gasteiger partial charge in [0.2, 0.25) is 5.95 Å². The standard InChI is InChI=1S/C23H20F2N4O3S/c1-33-15-7-5-13(6-8-15)20-16-9-10-19(32)29(21-17(24)3-2-4-18(21)25)22(16)28-23(27-20)26-14(11-30)12-31/h2-10,14,30-31H,11-12H2,1H3,(H,26,27,28). The molecule has 0 aliphatic carbocycles. The number of aliphatic hydroxyl groups is 2. The van der Waals surface area contributed by atoms with Crippen molar-refractivity contribution in [1.82, 2.24) is 14.5 Å². The number of fused-ring (bicyclic) bond motifs is 1. The van der Waals surface area contributed by atoms with Gasteiger partial charge in [-0.25, -0.2) is 13.8 Å². The molecule has 0 radical (unpaired) electrons. The first-order chi connectivity index (χ1) is 16.0. The molecule has 170 valence electrons. The number of nitrogens with zero attached hydrogens (tertiary/aromatic N) is 3. The lowest BCUT2D eigenvalue weighted by atomic mass is 10.1. The fourth-order valence-corrected chi connectivity index (χ4v) is 3.81. The van der Waals surface area contributed by atoms with Crippen LogP contribution in [0.25, 0.3) is 28.0 Å². The molecule has 0 aliphatic heterocycles. The van der Waals surface area contributed by atoms with E-state index in [0.29, 0.717) is 16.6 Å². The van der Waals surface area contributed by atoms with Crippen LogP contribution in [0.15, 0.2) is 64.3 Å². The van der Waals surface area contributed by atoms with Gasteiger partial charge in [0.1, 0.15) is 17.3 Å². The molecule has 2 heterocycles.